The van der Waals surface area contributed by atoms with Crippen LogP contribution >= 0.6 is 0 Å². The van der Waals surface area contributed by atoms with Crippen molar-refractivity contribution in [3.63, 3.8) is 0 Å². The van der Waals surface area contributed by atoms with E-state index in [2.05, 4.69) is 0 Å². The number of hydrogen-bond donors (Lipinski definition) is 1. The zero-order valence-electron chi connectivity index (χ0n) is 9.89. The summed E-state index contributed by atoms with van der Waals surface area (Å²) in [4.78, 5) is 10.9. The number of carboxylic acid groups (broad SMARTS) is 1. The molecule has 0 spiro atoms. The monoisotopic (exact) mass is 305 g/mol. The SMILES string of the molecule is O=C(O)C1COCCN1S(=O)(=O)CCCC(F)(F)F. The maximum absolute atomic E-state index is 12.0. The van der Waals surface area contributed by atoms with Crippen molar-refractivity contribution in [2.24, 2.45) is 0 Å². The molecule has 0 bridgehead atoms. The predicted molar refractivity (Wildman–Crippen MR) is 58.0 cm³/mol. The highest BCUT2D eigenvalue weighted by molar-refractivity contribution is 7.89. The van der Waals surface area contributed by atoms with Gasteiger partial charge in [-0.2, -0.15) is 17.5 Å². The van der Waals surface area contributed by atoms with Crippen LogP contribution in [0.15, 0.2) is 0 Å². The Morgan fingerprint density at radius 3 is 2.58 bits per heavy atom. The fourth-order valence-corrected chi connectivity index (χ4v) is 3.32. The average molecular weight is 305 g/mol. The van der Waals surface area contributed by atoms with Crippen LogP contribution in [0.3, 0.4) is 0 Å². The van der Waals surface area contributed by atoms with E-state index >= 15 is 0 Å². The van der Waals surface area contributed by atoms with Gasteiger partial charge in [0.15, 0.2) is 0 Å². The molecular formula is C9H14F3NO5S. The van der Waals surface area contributed by atoms with Crippen molar-refractivity contribution in [1.82, 2.24) is 4.31 Å². The van der Waals surface area contributed by atoms with E-state index in [0.29, 0.717) is 4.31 Å². The number of carbonyl (C=O) groups is 1. The zero-order chi connectivity index (χ0) is 14.7. The molecule has 1 fully saturated rings. The lowest BCUT2D eigenvalue weighted by molar-refractivity contribution is -0.146. The van der Waals surface area contributed by atoms with E-state index in [1.807, 2.05) is 0 Å². The van der Waals surface area contributed by atoms with Crippen molar-refractivity contribution in [2.75, 3.05) is 25.5 Å². The van der Waals surface area contributed by atoms with Crippen LogP contribution < -0.4 is 0 Å². The first-order valence-electron chi connectivity index (χ1n) is 5.50. The van der Waals surface area contributed by atoms with E-state index in [-0.39, 0.29) is 19.8 Å². The molecule has 1 aliphatic rings. The Balaban J connectivity index is 2.66. The van der Waals surface area contributed by atoms with Crippen molar-refractivity contribution in [1.29, 1.82) is 0 Å². The Morgan fingerprint density at radius 1 is 1.42 bits per heavy atom. The zero-order valence-corrected chi connectivity index (χ0v) is 10.7. The lowest BCUT2D eigenvalue weighted by Gasteiger charge is -2.31. The third kappa shape index (κ3) is 4.96. The van der Waals surface area contributed by atoms with E-state index in [9.17, 15) is 26.4 Å². The highest BCUT2D eigenvalue weighted by atomic mass is 32.2. The minimum atomic E-state index is -4.42. The molecule has 19 heavy (non-hydrogen) atoms. The molecule has 0 saturated carbocycles. The lowest BCUT2D eigenvalue weighted by atomic mass is 10.3. The van der Waals surface area contributed by atoms with Gasteiger partial charge in [0.1, 0.15) is 6.04 Å². The van der Waals surface area contributed by atoms with Crippen molar-refractivity contribution in [2.45, 2.75) is 25.1 Å². The number of morpholine rings is 1. The maximum atomic E-state index is 12.0. The quantitative estimate of drug-likeness (QED) is 0.797. The van der Waals surface area contributed by atoms with Gasteiger partial charge < -0.3 is 9.84 Å². The number of hydrogen-bond acceptors (Lipinski definition) is 4. The molecule has 1 aliphatic heterocycles. The van der Waals surface area contributed by atoms with Crippen LogP contribution in [-0.4, -0.2) is 61.5 Å². The van der Waals surface area contributed by atoms with E-state index in [0.717, 1.165) is 0 Å². The summed E-state index contributed by atoms with van der Waals surface area (Å²) in [5.41, 5.74) is 0. The van der Waals surface area contributed by atoms with Gasteiger partial charge in [0.2, 0.25) is 10.0 Å². The van der Waals surface area contributed by atoms with Crippen LogP contribution in [0.2, 0.25) is 0 Å². The van der Waals surface area contributed by atoms with Gasteiger partial charge in [-0.15, -0.1) is 0 Å². The van der Waals surface area contributed by atoms with E-state index < -0.39 is 46.8 Å². The van der Waals surface area contributed by atoms with Gasteiger partial charge in [0, 0.05) is 13.0 Å². The van der Waals surface area contributed by atoms with Crippen molar-refractivity contribution >= 4 is 16.0 Å². The lowest BCUT2D eigenvalue weighted by Crippen LogP contribution is -2.53. The number of alkyl halides is 3. The molecule has 1 rings (SSSR count). The van der Waals surface area contributed by atoms with Crippen molar-refractivity contribution in [3.05, 3.63) is 0 Å². The molecule has 1 heterocycles. The number of halogens is 3. The third-order valence-corrected chi connectivity index (χ3v) is 4.54. The fourth-order valence-electron chi connectivity index (χ4n) is 1.69. The first kappa shape index (κ1) is 16.2. The summed E-state index contributed by atoms with van der Waals surface area (Å²) >= 11 is 0. The van der Waals surface area contributed by atoms with Gasteiger partial charge in [0.05, 0.1) is 19.0 Å². The third-order valence-electron chi connectivity index (χ3n) is 2.58. The molecule has 0 aromatic carbocycles. The number of rotatable bonds is 5. The highest BCUT2D eigenvalue weighted by Gasteiger charge is 2.37. The molecule has 1 atom stereocenters. The number of aliphatic carboxylic acids is 1. The number of nitrogens with zero attached hydrogens (tertiary/aromatic N) is 1. The Morgan fingerprint density at radius 2 is 2.05 bits per heavy atom. The predicted octanol–water partition coefficient (Wildman–Crippen LogP) is 0.444. The molecule has 1 unspecified atom stereocenters. The molecule has 0 radical (unpaired) electrons. The summed E-state index contributed by atoms with van der Waals surface area (Å²) in [5.74, 6) is -2.10. The van der Waals surface area contributed by atoms with Crippen LogP contribution in [0.4, 0.5) is 13.2 Å². The Labute approximate surface area is 108 Å². The summed E-state index contributed by atoms with van der Waals surface area (Å²) in [6, 6.07) is -1.37. The van der Waals surface area contributed by atoms with E-state index in [1.54, 1.807) is 0 Å². The normalized spacial score (nSPS) is 22.4. The van der Waals surface area contributed by atoms with E-state index in [4.69, 9.17) is 9.84 Å². The molecule has 1 saturated heterocycles. The minimum absolute atomic E-state index is 0.0300. The largest absolute Gasteiger partial charge is 0.480 e. The van der Waals surface area contributed by atoms with Crippen LogP contribution in [0.1, 0.15) is 12.8 Å². The molecule has 10 heteroatoms. The average Bonchev–Trinajstić information content (AvgIpc) is 2.27. The molecule has 1 N–H and O–H groups in total. The summed E-state index contributed by atoms with van der Waals surface area (Å²) in [6.45, 7) is -0.429. The molecule has 0 aliphatic carbocycles. The molecule has 0 aromatic heterocycles. The van der Waals surface area contributed by atoms with Crippen molar-refractivity contribution < 1.29 is 36.2 Å². The molecule has 0 aromatic rings. The minimum Gasteiger partial charge on any atom is -0.480 e. The van der Waals surface area contributed by atoms with Gasteiger partial charge >= 0.3 is 12.1 Å². The smallest absolute Gasteiger partial charge is 0.389 e. The Hall–Kier alpha value is -0.870. The van der Waals surface area contributed by atoms with Gasteiger partial charge in [-0.3, -0.25) is 4.79 Å². The summed E-state index contributed by atoms with van der Waals surface area (Å²) < 4.78 is 65.1. The molecule has 6 nitrogen and oxygen atoms in total. The van der Waals surface area contributed by atoms with E-state index in [1.165, 1.54) is 0 Å². The van der Waals surface area contributed by atoms with Crippen LogP contribution in [-0.2, 0) is 19.6 Å². The second kappa shape index (κ2) is 6.06. The van der Waals surface area contributed by atoms with Gasteiger partial charge in [-0.05, 0) is 6.42 Å². The van der Waals surface area contributed by atoms with Crippen LogP contribution in [0.25, 0.3) is 0 Å². The number of ether oxygens (including phenoxy) is 1. The summed E-state index contributed by atoms with van der Waals surface area (Å²) in [6.07, 6.45) is -6.23. The maximum Gasteiger partial charge on any atom is 0.389 e. The number of carboxylic acids is 1. The Bertz CT molecular complexity index is 422. The highest BCUT2D eigenvalue weighted by Crippen LogP contribution is 2.23. The topological polar surface area (TPSA) is 83.9 Å². The second-order valence-corrected chi connectivity index (χ2v) is 6.12. The molecule has 112 valence electrons. The molecule has 0 amide bonds. The fraction of sp³-hybridized carbons (Fsp3) is 0.889. The Kier molecular flexibility index (Phi) is 5.16. The standard InChI is InChI=1S/C9H14F3NO5S/c10-9(11,12)2-1-5-19(16,17)13-3-4-18-6-7(13)8(14)15/h7H,1-6H2,(H,14,15). The van der Waals surface area contributed by atoms with Crippen LogP contribution in [0.5, 0.6) is 0 Å². The first-order valence-corrected chi connectivity index (χ1v) is 7.11. The van der Waals surface area contributed by atoms with Gasteiger partial charge in [-0.25, -0.2) is 8.42 Å². The van der Waals surface area contributed by atoms with Crippen molar-refractivity contribution in [3.8, 4) is 0 Å². The first-order chi connectivity index (χ1) is 8.63. The van der Waals surface area contributed by atoms with Gasteiger partial charge in [-0.1, -0.05) is 0 Å². The molecular weight excluding hydrogens is 291 g/mol. The second-order valence-electron chi connectivity index (χ2n) is 4.07. The summed E-state index contributed by atoms with van der Waals surface area (Å²) in [5, 5.41) is 8.86. The summed E-state index contributed by atoms with van der Waals surface area (Å²) in [7, 11) is -4.03. The number of sulfonamides is 1. The van der Waals surface area contributed by atoms with Gasteiger partial charge in [0.25, 0.3) is 0 Å². The van der Waals surface area contributed by atoms with Crippen LogP contribution in [0, 0.1) is 0 Å².